The largest absolute Gasteiger partial charge is 0.460 e. The Labute approximate surface area is 150 Å². The van der Waals surface area contributed by atoms with Gasteiger partial charge in [-0.2, -0.15) is 0 Å². The molecule has 5 nitrogen and oxygen atoms in total. The fraction of sp³-hybridized carbons (Fsp3) is 0.800. The summed E-state index contributed by atoms with van der Waals surface area (Å²) in [6, 6.07) is 0. The zero-order valence-corrected chi connectivity index (χ0v) is 16.2. The van der Waals surface area contributed by atoms with Crippen LogP contribution in [0.15, 0.2) is 11.6 Å². The molecule has 4 atom stereocenters. The van der Waals surface area contributed by atoms with Gasteiger partial charge in [-0.05, 0) is 53.4 Å². The summed E-state index contributed by atoms with van der Waals surface area (Å²) < 4.78 is 16.9. The van der Waals surface area contributed by atoms with E-state index in [2.05, 4.69) is 26.8 Å². The first-order chi connectivity index (χ1) is 11.5. The number of allylic oxidation sites excluding steroid dienone is 2. The third-order valence-electron chi connectivity index (χ3n) is 7.01. The van der Waals surface area contributed by atoms with Crippen LogP contribution in [0, 0.1) is 10.8 Å². The van der Waals surface area contributed by atoms with Gasteiger partial charge in [0.25, 0.3) is 0 Å². The van der Waals surface area contributed by atoms with Crippen molar-refractivity contribution in [3.8, 4) is 0 Å². The number of hydrogen-bond acceptors (Lipinski definition) is 5. The summed E-state index contributed by atoms with van der Waals surface area (Å²) in [6.07, 6.45) is 5.17. The van der Waals surface area contributed by atoms with E-state index >= 15 is 0 Å². The highest BCUT2D eigenvalue weighted by atomic mass is 16.7. The first kappa shape index (κ1) is 18.4. The van der Waals surface area contributed by atoms with Crippen LogP contribution < -0.4 is 0 Å². The average molecular weight is 350 g/mol. The van der Waals surface area contributed by atoms with Crippen molar-refractivity contribution in [3.05, 3.63) is 11.6 Å². The molecule has 2 bridgehead atoms. The zero-order chi connectivity index (χ0) is 18.7. The van der Waals surface area contributed by atoms with Gasteiger partial charge in [-0.25, -0.2) is 4.79 Å². The molecule has 0 aromatic carbocycles. The predicted molar refractivity (Wildman–Crippen MR) is 92.8 cm³/mol. The second-order valence-electron chi connectivity index (χ2n) is 9.01. The van der Waals surface area contributed by atoms with Crippen molar-refractivity contribution in [3.63, 3.8) is 0 Å². The van der Waals surface area contributed by atoms with Crippen molar-refractivity contribution in [1.29, 1.82) is 0 Å². The average Bonchev–Trinajstić information content (AvgIpc) is 3.07. The first-order valence-corrected chi connectivity index (χ1v) is 9.20. The second kappa shape index (κ2) is 5.57. The van der Waals surface area contributed by atoms with Gasteiger partial charge in [0.1, 0.15) is 12.7 Å². The SMILES string of the molecule is CC(C)=CCC[C@@]1(C)O[C@@H]1COC(=O)C12CCC(C)(C(=O)O1)C2(C)C. The maximum atomic E-state index is 12.8. The van der Waals surface area contributed by atoms with Crippen LogP contribution in [-0.4, -0.2) is 35.9 Å². The number of hydrogen-bond donors (Lipinski definition) is 0. The van der Waals surface area contributed by atoms with E-state index < -0.39 is 22.4 Å². The maximum absolute atomic E-state index is 12.8. The molecule has 0 amide bonds. The van der Waals surface area contributed by atoms with E-state index in [9.17, 15) is 9.59 Å². The van der Waals surface area contributed by atoms with Crippen LogP contribution in [0.1, 0.15) is 67.2 Å². The van der Waals surface area contributed by atoms with Gasteiger partial charge in [0, 0.05) is 5.41 Å². The molecule has 2 heterocycles. The molecule has 3 rings (SSSR count). The topological polar surface area (TPSA) is 65.1 Å². The van der Waals surface area contributed by atoms with E-state index in [1.54, 1.807) is 0 Å². The Hall–Kier alpha value is -1.36. The Balaban J connectivity index is 1.58. The fourth-order valence-electron chi connectivity index (χ4n) is 4.34. The van der Waals surface area contributed by atoms with E-state index in [4.69, 9.17) is 14.2 Å². The molecule has 2 saturated heterocycles. The van der Waals surface area contributed by atoms with Gasteiger partial charge in [0.05, 0.1) is 11.0 Å². The molecule has 2 aliphatic heterocycles. The molecular weight excluding hydrogens is 320 g/mol. The van der Waals surface area contributed by atoms with E-state index in [1.165, 1.54) is 5.57 Å². The van der Waals surface area contributed by atoms with Gasteiger partial charge in [0.15, 0.2) is 0 Å². The third kappa shape index (κ3) is 2.54. The van der Waals surface area contributed by atoms with Crippen LogP contribution in [0.25, 0.3) is 0 Å². The highest BCUT2D eigenvalue weighted by molar-refractivity contribution is 5.93. The van der Waals surface area contributed by atoms with Crippen molar-refractivity contribution >= 4 is 11.9 Å². The van der Waals surface area contributed by atoms with Gasteiger partial charge < -0.3 is 14.2 Å². The van der Waals surface area contributed by atoms with Crippen LogP contribution in [-0.2, 0) is 23.8 Å². The van der Waals surface area contributed by atoms with E-state index in [0.29, 0.717) is 12.8 Å². The van der Waals surface area contributed by atoms with Crippen molar-refractivity contribution in [2.45, 2.75) is 84.5 Å². The lowest BCUT2D eigenvalue weighted by Gasteiger charge is -2.34. The number of carbonyl (C=O) groups excluding carboxylic acids is 2. The molecule has 0 aromatic heterocycles. The van der Waals surface area contributed by atoms with Gasteiger partial charge in [-0.15, -0.1) is 0 Å². The van der Waals surface area contributed by atoms with Crippen molar-refractivity contribution < 1.29 is 23.8 Å². The van der Waals surface area contributed by atoms with Gasteiger partial charge in [-0.3, -0.25) is 4.79 Å². The number of carbonyl (C=O) groups is 2. The summed E-state index contributed by atoms with van der Waals surface area (Å²) in [5.41, 5.74) is -1.25. The van der Waals surface area contributed by atoms with Crippen molar-refractivity contribution in [1.82, 2.24) is 0 Å². The van der Waals surface area contributed by atoms with E-state index in [-0.39, 0.29) is 24.3 Å². The van der Waals surface area contributed by atoms with Gasteiger partial charge in [0.2, 0.25) is 5.60 Å². The smallest absolute Gasteiger partial charge is 0.351 e. The summed E-state index contributed by atoms with van der Waals surface area (Å²) >= 11 is 0. The number of ether oxygens (including phenoxy) is 3. The van der Waals surface area contributed by atoms with Crippen LogP contribution in [0.3, 0.4) is 0 Å². The molecule has 1 aliphatic carbocycles. The van der Waals surface area contributed by atoms with Crippen LogP contribution in [0.4, 0.5) is 0 Å². The highest BCUT2D eigenvalue weighted by Gasteiger charge is 2.76. The number of esters is 2. The molecule has 0 aromatic rings. The molecule has 0 N–H and O–H groups in total. The molecule has 1 saturated carbocycles. The number of fused-ring (bicyclic) bond motifs is 2. The summed E-state index contributed by atoms with van der Waals surface area (Å²) in [5.74, 6) is -0.704. The van der Waals surface area contributed by atoms with E-state index in [0.717, 1.165) is 12.8 Å². The molecule has 0 spiro atoms. The quantitative estimate of drug-likeness (QED) is 0.416. The van der Waals surface area contributed by atoms with Crippen LogP contribution >= 0.6 is 0 Å². The lowest BCUT2D eigenvalue weighted by atomic mass is 9.66. The fourth-order valence-corrected chi connectivity index (χ4v) is 4.34. The maximum Gasteiger partial charge on any atom is 0.351 e. The van der Waals surface area contributed by atoms with Crippen LogP contribution in [0.2, 0.25) is 0 Å². The highest BCUT2D eigenvalue weighted by Crippen LogP contribution is 2.65. The van der Waals surface area contributed by atoms with Crippen molar-refractivity contribution in [2.75, 3.05) is 6.61 Å². The first-order valence-electron chi connectivity index (χ1n) is 9.20. The molecule has 3 fully saturated rings. The Morgan fingerprint density at radius 3 is 2.44 bits per heavy atom. The van der Waals surface area contributed by atoms with Gasteiger partial charge in [-0.1, -0.05) is 25.5 Å². The lowest BCUT2D eigenvalue weighted by molar-refractivity contribution is -0.183. The Kier molecular flexibility index (Phi) is 4.10. The molecule has 140 valence electrons. The lowest BCUT2D eigenvalue weighted by Crippen LogP contribution is -2.49. The van der Waals surface area contributed by atoms with Gasteiger partial charge >= 0.3 is 11.9 Å². The third-order valence-corrected chi connectivity index (χ3v) is 7.01. The molecule has 5 heteroatoms. The minimum absolute atomic E-state index is 0.0774. The summed E-state index contributed by atoms with van der Waals surface area (Å²) in [5, 5.41) is 0. The molecule has 3 aliphatic rings. The van der Waals surface area contributed by atoms with Crippen LogP contribution in [0.5, 0.6) is 0 Å². The Bertz CT molecular complexity index is 632. The molecule has 25 heavy (non-hydrogen) atoms. The monoisotopic (exact) mass is 350 g/mol. The summed E-state index contributed by atoms with van der Waals surface area (Å²) in [6.45, 7) is 12.2. The predicted octanol–water partition coefficient (Wildman–Crippen LogP) is 3.56. The minimum atomic E-state index is -1.15. The van der Waals surface area contributed by atoms with Crippen molar-refractivity contribution in [2.24, 2.45) is 10.8 Å². The minimum Gasteiger partial charge on any atom is -0.460 e. The number of epoxide rings is 1. The number of rotatable bonds is 6. The Morgan fingerprint density at radius 1 is 1.24 bits per heavy atom. The molecular formula is C20H30O5. The second-order valence-corrected chi connectivity index (χ2v) is 9.01. The zero-order valence-electron chi connectivity index (χ0n) is 16.2. The Morgan fingerprint density at radius 2 is 1.92 bits per heavy atom. The van der Waals surface area contributed by atoms with E-state index in [1.807, 2.05) is 20.8 Å². The molecule has 0 radical (unpaired) electrons. The molecule has 2 unspecified atom stereocenters. The standard InChI is InChI=1S/C20H30O5/c1-13(2)8-7-9-19(6)14(24-19)12-23-16(22)20-11-10-18(5,15(21)25-20)17(20,3)4/h8,14H,7,9-12H2,1-6H3/t14-,18?,19-,20?/m1/s1. The normalized spacial score (nSPS) is 40.6. The summed E-state index contributed by atoms with van der Waals surface area (Å²) in [7, 11) is 0. The summed E-state index contributed by atoms with van der Waals surface area (Å²) in [4.78, 5) is 25.1.